The molecule has 1 nitrogen and oxygen atoms in total. The van der Waals surface area contributed by atoms with Crippen LogP contribution >= 0.6 is 0 Å². The van der Waals surface area contributed by atoms with E-state index in [9.17, 15) is 0 Å². The standard InChI is InChI=1S/C17H35N/c1-10-12-18(14(3)11-2)15(17(7,8)9)13-16(4,5)6/h15H,3,10-13H2,1-2,4-9H3. The van der Waals surface area contributed by atoms with Crippen LogP contribution in [0.3, 0.4) is 0 Å². The summed E-state index contributed by atoms with van der Waals surface area (Å²) in [4.78, 5) is 2.56. The second kappa shape index (κ2) is 6.63. The smallest absolute Gasteiger partial charge is 0.0340 e. The van der Waals surface area contributed by atoms with Crippen molar-refractivity contribution in [1.82, 2.24) is 4.90 Å². The monoisotopic (exact) mass is 253 g/mol. The quantitative estimate of drug-likeness (QED) is 0.606. The summed E-state index contributed by atoms with van der Waals surface area (Å²) in [6, 6.07) is 0.574. The molecule has 0 aliphatic heterocycles. The number of hydrogen-bond acceptors (Lipinski definition) is 1. The van der Waals surface area contributed by atoms with Gasteiger partial charge in [0.15, 0.2) is 0 Å². The highest BCUT2D eigenvalue weighted by atomic mass is 15.2. The maximum Gasteiger partial charge on any atom is 0.0340 e. The van der Waals surface area contributed by atoms with Gasteiger partial charge in [0.25, 0.3) is 0 Å². The lowest BCUT2D eigenvalue weighted by Crippen LogP contribution is -2.45. The minimum absolute atomic E-state index is 0.292. The van der Waals surface area contributed by atoms with Crippen molar-refractivity contribution < 1.29 is 0 Å². The van der Waals surface area contributed by atoms with Gasteiger partial charge >= 0.3 is 0 Å². The molecule has 0 aromatic carbocycles. The molecule has 1 atom stereocenters. The van der Waals surface area contributed by atoms with Crippen LogP contribution < -0.4 is 0 Å². The van der Waals surface area contributed by atoms with E-state index in [0.717, 1.165) is 13.0 Å². The predicted molar refractivity (Wildman–Crippen MR) is 83.7 cm³/mol. The number of nitrogens with zero attached hydrogens (tertiary/aromatic N) is 1. The fraction of sp³-hybridized carbons (Fsp3) is 0.882. The molecular formula is C17H35N. The molecule has 18 heavy (non-hydrogen) atoms. The van der Waals surface area contributed by atoms with Gasteiger partial charge in [-0.15, -0.1) is 0 Å². The van der Waals surface area contributed by atoms with Gasteiger partial charge in [-0.2, -0.15) is 0 Å². The van der Waals surface area contributed by atoms with Gasteiger partial charge in [-0.3, -0.25) is 0 Å². The maximum absolute atomic E-state index is 4.28. The summed E-state index contributed by atoms with van der Waals surface area (Å²) in [5.74, 6) is 0. The molecule has 0 saturated heterocycles. The fourth-order valence-corrected chi connectivity index (χ4v) is 2.44. The molecule has 0 N–H and O–H groups in total. The summed E-state index contributed by atoms with van der Waals surface area (Å²) in [5.41, 5.74) is 1.94. The lowest BCUT2D eigenvalue weighted by atomic mass is 9.75. The molecular weight excluding hydrogens is 218 g/mol. The van der Waals surface area contributed by atoms with E-state index in [-0.39, 0.29) is 0 Å². The van der Waals surface area contributed by atoms with Crippen LogP contribution in [0.1, 0.15) is 74.7 Å². The molecule has 0 saturated carbocycles. The Labute approximate surface area is 116 Å². The Morgan fingerprint density at radius 1 is 1.06 bits per heavy atom. The highest BCUT2D eigenvalue weighted by Gasteiger charge is 2.33. The summed E-state index contributed by atoms with van der Waals surface area (Å²) >= 11 is 0. The number of hydrogen-bond donors (Lipinski definition) is 0. The van der Waals surface area contributed by atoms with Gasteiger partial charge in [-0.1, -0.05) is 62.0 Å². The van der Waals surface area contributed by atoms with Gasteiger partial charge in [-0.25, -0.2) is 0 Å². The Morgan fingerprint density at radius 2 is 1.56 bits per heavy atom. The Hall–Kier alpha value is -0.460. The molecule has 0 fully saturated rings. The third kappa shape index (κ3) is 5.93. The first-order valence-corrected chi connectivity index (χ1v) is 7.47. The summed E-state index contributed by atoms with van der Waals surface area (Å²) in [6.07, 6.45) is 3.46. The second-order valence-corrected chi connectivity index (χ2v) is 7.76. The minimum atomic E-state index is 0.292. The molecule has 0 rings (SSSR count). The number of rotatable bonds is 6. The molecule has 0 amide bonds. The van der Waals surface area contributed by atoms with Crippen molar-refractivity contribution in [3.05, 3.63) is 12.3 Å². The van der Waals surface area contributed by atoms with E-state index in [1.165, 1.54) is 18.5 Å². The lowest BCUT2D eigenvalue weighted by Gasteiger charge is -2.45. The molecule has 1 heteroatoms. The summed E-state index contributed by atoms with van der Waals surface area (Å²) in [6.45, 7) is 24.0. The van der Waals surface area contributed by atoms with Crippen LogP contribution in [0.5, 0.6) is 0 Å². The van der Waals surface area contributed by atoms with Crippen LogP contribution in [-0.2, 0) is 0 Å². The zero-order valence-electron chi connectivity index (χ0n) is 14.1. The first-order chi connectivity index (χ1) is 8.03. The predicted octanol–water partition coefficient (Wildman–Crippen LogP) is 5.47. The van der Waals surface area contributed by atoms with Crippen LogP contribution in [0.25, 0.3) is 0 Å². The topological polar surface area (TPSA) is 3.24 Å². The van der Waals surface area contributed by atoms with Gasteiger partial charge in [0, 0.05) is 18.3 Å². The Bertz CT molecular complexity index is 252. The molecule has 0 aromatic heterocycles. The first kappa shape index (κ1) is 17.5. The molecule has 0 spiro atoms. The summed E-state index contributed by atoms with van der Waals surface area (Å²) in [7, 11) is 0. The van der Waals surface area contributed by atoms with Crippen molar-refractivity contribution in [2.45, 2.75) is 80.7 Å². The van der Waals surface area contributed by atoms with Gasteiger partial charge in [-0.05, 0) is 30.1 Å². The Morgan fingerprint density at radius 3 is 1.83 bits per heavy atom. The third-order valence-corrected chi connectivity index (χ3v) is 3.46. The van der Waals surface area contributed by atoms with Crippen molar-refractivity contribution in [1.29, 1.82) is 0 Å². The average Bonchev–Trinajstić information content (AvgIpc) is 2.19. The SMILES string of the molecule is C=C(CC)N(CCC)C(CC(C)(C)C)C(C)(C)C. The fourth-order valence-electron chi connectivity index (χ4n) is 2.44. The molecule has 1 unspecified atom stereocenters. The lowest BCUT2D eigenvalue weighted by molar-refractivity contribution is 0.0888. The summed E-state index contributed by atoms with van der Waals surface area (Å²) in [5, 5.41) is 0. The normalized spacial score (nSPS) is 14.4. The van der Waals surface area contributed by atoms with Crippen molar-refractivity contribution in [2.24, 2.45) is 10.8 Å². The molecule has 0 aromatic rings. The van der Waals surface area contributed by atoms with Crippen LogP contribution in [-0.4, -0.2) is 17.5 Å². The maximum atomic E-state index is 4.28. The Kier molecular flexibility index (Phi) is 6.46. The Balaban J connectivity index is 5.17. The molecule has 0 radical (unpaired) electrons. The van der Waals surface area contributed by atoms with Crippen LogP contribution in [0.4, 0.5) is 0 Å². The van der Waals surface area contributed by atoms with E-state index in [1.54, 1.807) is 0 Å². The molecule has 0 heterocycles. The zero-order chi connectivity index (χ0) is 14.6. The second-order valence-electron chi connectivity index (χ2n) is 7.76. The van der Waals surface area contributed by atoms with Gasteiger partial charge in [0.2, 0.25) is 0 Å². The van der Waals surface area contributed by atoms with Gasteiger partial charge < -0.3 is 4.90 Å². The molecule has 108 valence electrons. The summed E-state index contributed by atoms with van der Waals surface area (Å²) < 4.78 is 0. The van der Waals surface area contributed by atoms with E-state index in [2.05, 4.69) is 66.9 Å². The largest absolute Gasteiger partial charge is 0.372 e. The molecule has 0 aliphatic rings. The van der Waals surface area contributed by atoms with Crippen LogP contribution in [0, 0.1) is 10.8 Å². The molecule has 0 bridgehead atoms. The van der Waals surface area contributed by atoms with E-state index in [1.807, 2.05) is 0 Å². The highest BCUT2D eigenvalue weighted by molar-refractivity contribution is 5.00. The van der Waals surface area contributed by atoms with Gasteiger partial charge in [0.1, 0.15) is 0 Å². The average molecular weight is 253 g/mol. The van der Waals surface area contributed by atoms with Crippen molar-refractivity contribution >= 4 is 0 Å². The first-order valence-electron chi connectivity index (χ1n) is 7.47. The number of allylic oxidation sites excluding steroid dienone is 1. The van der Waals surface area contributed by atoms with Crippen molar-refractivity contribution in [3.8, 4) is 0 Å². The minimum Gasteiger partial charge on any atom is -0.372 e. The van der Waals surface area contributed by atoms with E-state index >= 15 is 0 Å². The third-order valence-electron chi connectivity index (χ3n) is 3.46. The van der Waals surface area contributed by atoms with Crippen LogP contribution in [0.2, 0.25) is 0 Å². The van der Waals surface area contributed by atoms with Crippen LogP contribution in [0.15, 0.2) is 12.3 Å². The van der Waals surface area contributed by atoms with Crippen molar-refractivity contribution in [2.75, 3.05) is 6.54 Å². The highest BCUT2D eigenvalue weighted by Crippen LogP contribution is 2.36. The van der Waals surface area contributed by atoms with Gasteiger partial charge in [0.05, 0.1) is 0 Å². The van der Waals surface area contributed by atoms with E-state index in [0.29, 0.717) is 16.9 Å². The van der Waals surface area contributed by atoms with E-state index < -0.39 is 0 Å². The van der Waals surface area contributed by atoms with E-state index in [4.69, 9.17) is 0 Å². The molecule has 0 aliphatic carbocycles. The van der Waals surface area contributed by atoms with Crippen molar-refractivity contribution in [3.63, 3.8) is 0 Å². The zero-order valence-corrected chi connectivity index (χ0v) is 14.1.